The second kappa shape index (κ2) is 18.9. The standard InChI is InChI=1S/C19H42N6O3/c1-3-16(4-2)28-19(27)25-15-14-24-18(26)17(23-13-7-10-21)8-5-11-22-12-6-9-20/h16-17,22-23H,3-15,20-21H2,1-2H3,(H,24,26)(H,25,27). The lowest BCUT2D eigenvalue weighted by molar-refractivity contribution is -0.123. The van der Waals surface area contributed by atoms with E-state index in [4.69, 9.17) is 16.2 Å². The van der Waals surface area contributed by atoms with Gasteiger partial charge in [-0.05, 0) is 71.2 Å². The van der Waals surface area contributed by atoms with Crippen molar-refractivity contribution in [3.8, 4) is 0 Å². The quantitative estimate of drug-likeness (QED) is 0.178. The number of hydrogen-bond donors (Lipinski definition) is 6. The van der Waals surface area contributed by atoms with Crippen LogP contribution in [-0.2, 0) is 9.53 Å². The Bertz CT molecular complexity index is 394. The minimum Gasteiger partial charge on any atom is -0.446 e. The van der Waals surface area contributed by atoms with Gasteiger partial charge < -0.3 is 37.5 Å². The fourth-order valence-electron chi connectivity index (χ4n) is 2.61. The summed E-state index contributed by atoms with van der Waals surface area (Å²) in [5, 5.41) is 12.1. The number of ether oxygens (including phenoxy) is 1. The van der Waals surface area contributed by atoms with Crippen LogP contribution in [0.4, 0.5) is 4.79 Å². The van der Waals surface area contributed by atoms with E-state index in [0.717, 1.165) is 51.6 Å². The minimum absolute atomic E-state index is 0.0610. The van der Waals surface area contributed by atoms with Crippen LogP contribution in [0, 0.1) is 0 Å². The highest BCUT2D eigenvalue weighted by molar-refractivity contribution is 5.81. The summed E-state index contributed by atoms with van der Waals surface area (Å²) in [6, 6.07) is -0.264. The summed E-state index contributed by atoms with van der Waals surface area (Å²) in [6.45, 7) is 8.37. The van der Waals surface area contributed by atoms with Crippen molar-refractivity contribution < 1.29 is 14.3 Å². The van der Waals surface area contributed by atoms with Crippen molar-refractivity contribution in [2.75, 3.05) is 45.8 Å². The van der Waals surface area contributed by atoms with Gasteiger partial charge in [0.1, 0.15) is 6.10 Å². The molecule has 0 radical (unpaired) electrons. The van der Waals surface area contributed by atoms with Gasteiger partial charge in [0, 0.05) is 13.1 Å². The van der Waals surface area contributed by atoms with E-state index in [1.54, 1.807) is 0 Å². The lowest BCUT2D eigenvalue weighted by Crippen LogP contribution is -2.47. The van der Waals surface area contributed by atoms with Gasteiger partial charge in [0.2, 0.25) is 5.91 Å². The van der Waals surface area contributed by atoms with Gasteiger partial charge in [0.05, 0.1) is 6.04 Å². The lowest BCUT2D eigenvalue weighted by atomic mass is 10.1. The first-order valence-electron chi connectivity index (χ1n) is 10.6. The molecule has 0 rings (SSSR count). The normalized spacial score (nSPS) is 12.0. The Morgan fingerprint density at radius 1 is 0.857 bits per heavy atom. The van der Waals surface area contributed by atoms with Crippen LogP contribution in [0.25, 0.3) is 0 Å². The highest BCUT2D eigenvalue weighted by Gasteiger charge is 2.17. The van der Waals surface area contributed by atoms with Crippen LogP contribution >= 0.6 is 0 Å². The van der Waals surface area contributed by atoms with Crippen LogP contribution in [-0.4, -0.2) is 70.0 Å². The van der Waals surface area contributed by atoms with Crippen molar-refractivity contribution in [2.45, 2.75) is 64.5 Å². The van der Waals surface area contributed by atoms with Crippen LogP contribution < -0.4 is 32.7 Å². The van der Waals surface area contributed by atoms with Crippen LogP contribution in [0.3, 0.4) is 0 Å². The molecule has 0 spiro atoms. The predicted molar refractivity (Wildman–Crippen MR) is 113 cm³/mol. The number of rotatable bonds is 18. The molecule has 0 fully saturated rings. The van der Waals surface area contributed by atoms with E-state index >= 15 is 0 Å². The first-order valence-corrected chi connectivity index (χ1v) is 10.6. The number of carbonyl (C=O) groups is 2. The maximum Gasteiger partial charge on any atom is 0.407 e. The molecule has 0 saturated carbocycles. The molecular formula is C19H42N6O3. The second-order valence-electron chi connectivity index (χ2n) is 6.75. The van der Waals surface area contributed by atoms with Crippen molar-refractivity contribution in [3.05, 3.63) is 0 Å². The van der Waals surface area contributed by atoms with E-state index in [2.05, 4.69) is 21.3 Å². The van der Waals surface area contributed by atoms with Crippen LogP contribution in [0.5, 0.6) is 0 Å². The SMILES string of the molecule is CCC(CC)OC(=O)NCCNC(=O)C(CCCNCCCN)NCCCN. The monoisotopic (exact) mass is 402 g/mol. The molecule has 1 atom stereocenters. The summed E-state index contributed by atoms with van der Waals surface area (Å²) in [5.74, 6) is -0.0610. The smallest absolute Gasteiger partial charge is 0.407 e. The molecule has 0 aliphatic carbocycles. The fourth-order valence-corrected chi connectivity index (χ4v) is 2.61. The molecular weight excluding hydrogens is 360 g/mol. The molecule has 166 valence electrons. The molecule has 28 heavy (non-hydrogen) atoms. The first-order chi connectivity index (χ1) is 13.6. The number of hydrogen-bond acceptors (Lipinski definition) is 7. The van der Waals surface area contributed by atoms with Crippen molar-refractivity contribution in [1.29, 1.82) is 0 Å². The van der Waals surface area contributed by atoms with Gasteiger partial charge in [0.15, 0.2) is 0 Å². The summed E-state index contributed by atoms with van der Waals surface area (Å²) in [7, 11) is 0. The van der Waals surface area contributed by atoms with Gasteiger partial charge in [-0.25, -0.2) is 4.79 Å². The Morgan fingerprint density at radius 3 is 2.11 bits per heavy atom. The Labute approximate surface area is 170 Å². The topological polar surface area (TPSA) is 144 Å². The average Bonchev–Trinajstić information content (AvgIpc) is 2.70. The zero-order valence-electron chi connectivity index (χ0n) is 17.7. The number of nitrogens with two attached hydrogens (primary N) is 2. The highest BCUT2D eigenvalue weighted by Crippen LogP contribution is 2.02. The molecule has 0 saturated heterocycles. The first kappa shape index (κ1) is 26.6. The van der Waals surface area contributed by atoms with Gasteiger partial charge in [-0.1, -0.05) is 13.8 Å². The fraction of sp³-hybridized carbons (Fsp3) is 0.895. The molecule has 0 aromatic carbocycles. The van der Waals surface area contributed by atoms with Crippen LogP contribution in [0.2, 0.25) is 0 Å². The summed E-state index contributed by atoms with van der Waals surface area (Å²) in [4.78, 5) is 24.1. The predicted octanol–water partition coefficient (Wildman–Crippen LogP) is 0.0430. The van der Waals surface area contributed by atoms with Gasteiger partial charge >= 0.3 is 6.09 Å². The van der Waals surface area contributed by atoms with Crippen molar-refractivity contribution >= 4 is 12.0 Å². The molecule has 0 heterocycles. The van der Waals surface area contributed by atoms with E-state index in [9.17, 15) is 9.59 Å². The van der Waals surface area contributed by atoms with Crippen LogP contribution in [0.15, 0.2) is 0 Å². The third kappa shape index (κ3) is 14.6. The number of alkyl carbamates (subject to hydrolysis) is 1. The Hall–Kier alpha value is -1.42. The summed E-state index contributed by atoms with van der Waals surface area (Å²) in [5.41, 5.74) is 11.0. The molecule has 9 heteroatoms. The zero-order valence-corrected chi connectivity index (χ0v) is 17.7. The highest BCUT2D eigenvalue weighted by atomic mass is 16.6. The Morgan fingerprint density at radius 2 is 1.46 bits per heavy atom. The number of amides is 2. The third-order valence-corrected chi connectivity index (χ3v) is 4.37. The maximum atomic E-state index is 12.4. The lowest BCUT2D eigenvalue weighted by Gasteiger charge is -2.19. The van der Waals surface area contributed by atoms with Crippen LogP contribution in [0.1, 0.15) is 52.4 Å². The summed E-state index contributed by atoms with van der Waals surface area (Å²) >= 11 is 0. The van der Waals surface area contributed by atoms with E-state index in [1.807, 2.05) is 13.8 Å². The largest absolute Gasteiger partial charge is 0.446 e. The Kier molecular flexibility index (Phi) is 18.0. The molecule has 8 N–H and O–H groups in total. The third-order valence-electron chi connectivity index (χ3n) is 4.37. The molecule has 0 aromatic heterocycles. The van der Waals surface area contributed by atoms with Crippen molar-refractivity contribution in [1.82, 2.24) is 21.3 Å². The maximum absolute atomic E-state index is 12.4. The van der Waals surface area contributed by atoms with Crippen molar-refractivity contribution in [2.24, 2.45) is 11.5 Å². The zero-order chi connectivity index (χ0) is 21.0. The molecule has 1 unspecified atom stereocenters. The molecule has 9 nitrogen and oxygen atoms in total. The minimum atomic E-state index is -0.441. The molecule has 0 aromatic rings. The van der Waals surface area contributed by atoms with E-state index in [-0.39, 0.29) is 18.1 Å². The average molecular weight is 403 g/mol. The molecule has 0 aliphatic heterocycles. The van der Waals surface area contributed by atoms with Gasteiger partial charge in [0.25, 0.3) is 0 Å². The van der Waals surface area contributed by atoms with E-state index in [0.29, 0.717) is 32.7 Å². The molecule has 0 bridgehead atoms. The van der Waals surface area contributed by atoms with Gasteiger partial charge in [-0.3, -0.25) is 4.79 Å². The van der Waals surface area contributed by atoms with E-state index < -0.39 is 6.09 Å². The second-order valence-corrected chi connectivity index (χ2v) is 6.75. The van der Waals surface area contributed by atoms with Crippen molar-refractivity contribution in [3.63, 3.8) is 0 Å². The summed E-state index contributed by atoms with van der Waals surface area (Å²) < 4.78 is 5.26. The number of nitrogens with one attached hydrogen (secondary N) is 4. The van der Waals surface area contributed by atoms with Gasteiger partial charge in [-0.2, -0.15) is 0 Å². The Balaban J connectivity index is 4.11. The summed E-state index contributed by atoms with van der Waals surface area (Å²) in [6.07, 6.45) is 4.46. The van der Waals surface area contributed by atoms with Gasteiger partial charge in [-0.15, -0.1) is 0 Å². The molecule has 2 amide bonds. The molecule has 0 aliphatic rings. The van der Waals surface area contributed by atoms with E-state index in [1.165, 1.54) is 0 Å². The number of carbonyl (C=O) groups excluding carboxylic acids is 2.